The molecule has 1 rings (SSSR count). The summed E-state index contributed by atoms with van der Waals surface area (Å²) in [5, 5.41) is 0. The van der Waals surface area contributed by atoms with E-state index >= 15 is 0 Å². The van der Waals surface area contributed by atoms with Crippen LogP contribution in [-0.2, 0) is 26.1 Å². The molecule has 0 spiro atoms. The van der Waals surface area contributed by atoms with Gasteiger partial charge < -0.3 is 0 Å². The molecule has 0 radical (unpaired) electrons. The van der Waals surface area contributed by atoms with E-state index in [0.717, 1.165) is 26.0 Å². The van der Waals surface area contributed by atoms with E-state index in [1.54, 1.807) is 0 Å². The molecule has 0 fully saturated rings. The van der Waals surface area contributed by atoms with E-state index in [1.807, 2.05) is 0 Å². The summed E-state index contributed by atoms with van der Waals surface area (Å²) in [6, 6.07) is 3.23. The largest absolute Gasteiger partial charge is 0.523 e. The summed E-state index contributed by atoms with van der Waals surface area (Å²) in [6.07, 6.45) is -4.71. The fraction of sp³-hybridized carbons (Fsp3) is 0.455. The second kappa shape index (κ2) is 5.16. The maximum Gasteiger partial charge on any atom is 0.523 e. The van der Waals surface area contributed by atoms with E-state index in [4.69, 9.17) is 0 Å². The monoisotopic (exact) mass is 336 g/mol. The van der Waals surface area contributed by atoms with Crippen molar-refractivity contribution in [3.05, 3.63) is 35.4 Å². The molecule has 0 bridgehead atoms. The summed E-state index contributed by atoms with van der Waals surface area (Å²) in [6.45, 7) is 1.84. The first-order valence-electron chi connectivity index (χ1n) is 5.36. The molecular formula is C11H10F6O3S. The van der Waals surface area contributed by atoms with E-state index in [0.29, 0.717) is 12.1 Å². The molecule has 0 aliphatic heterocycles. The highest BCUT2D eigenvalue weighted by Crippen LogP contribution is 2.36. The number of rotatable bonds is 3. The van der Waals surface area contributed by atoms with Crippen molar-refractivity contribution < 1.29 is 38.9 Å². The minimum Gasteiger partial charge on any atom is -0.252 e. The van der Waals surface area contributed by atoms with Crippen molar-refractivity contribution in [3.63, 3.8) is 0 Å². The molecule has 0 unspecified atom stereocenters. The van der Waals surface area contributed by atoms with Gasteiger partial charge in [-0.2, -0.15) is 34.8 Å². The maximum atomic E-state index is 12.5. The lowest BCUT2D eigenvalue weighted by molar-refractivity contribution is -0.137. The number of alkyl halides is 6. The first-order chi connectivity index (χ1) is 9.17. The van der Waals surface area contributed by atoms with Gasteiger partial charge in [-0.1, -0.05) is 12.1 Å². The SMILES string of the molecule is CC(C)(OS(=O)(=O)C(F)(F)F)c1cccc(C(F)(F)F)c1. The van der Waals surface area contributed by atoms with Crippen molar-refractivity contribution in [2.75, 3.05) is 0 Å². The molecule has 3 nitrogen and oxygen atoms in total. The van der Waals surface area contributed by atoms with E-state index in [1.165, 1.54) is 0 Å². The quantitative estimate of drug-likeness (QED) is 0.479. The van der Waals surface area contributed by atoms with Crippen molar-refractivity contribution >= 4 is 10.1 Å². The highest BCUT2D eigenvalue weighted by Gasteiger charge is 2.50. The number of hydrogen-bond acceptors (Lipinski definition) is 3. The molecule has 120 valence electrons. The molecule has 0 atom stereocenters. The Morgan fingerprint density at radius 3 is 1.86 bits per heavy atom. The van der Waals surface area contributed by atoms with Gasteiger partial charge in [-0.3, -0.25) is 4.18 Å². The highest BCUT2D eigenvalue weighted by molar-refractivity contribution is 7.87. The van der Waals surface area contributed by atoms with Gasteiger partial charge in [0.15, 0.2) is 0 Å². The van der Waals surface area contributed by atoms with E-state index in [9.17, 15) is 34.8 Å². The van der Waals surface area contributed by atoms with Gasteiger partial charge in [0.25, 0.3) is 0 Å². The Hall–Kier alpha value is -1.29. The highest BCUT2D eigenvalue weighted by atomic mass is 32.2. The number of hydrogen-bond donors (Lipinski definition) is 0. The molecule has 0 N–H and O–H groups in total. The molecular weight excluding hydrogens is 326 g/mol. The maximum absolute atomic E-state index is 12.5. The fourth-order valence-corrected chi connectivity index (χ4v) is 2.18. The predicted octanol–water partition coefficient (Wildman–Crippen LogP) is 3.81. The van der Waals surface area contributed by atoms with E-state index in [2.05, 4.69) is 4.18 Å². The van der Waals surface area contributed by atoms with E-state index < -0.39 is 33.0 Å². The van der Waals surface area contributed by atoms with Gasteiger partial charge in [-0.05, 0) is 31.5 Å². The Bertz CT molecular complexity index is 616. The Labute approximate surface area is 116 Å². The summed E-state index contributed by atoms with van der Waals surface area (Å²) < 4.78 is 100. The lowest BCUT2D eigenvalue weighted by Gasteiger charge is -2.26. The van der Waals surface area contributed by atoms with Crippen molar-refractivity contribution in [1.29, 1.82) is 0 Å². The van der Waals surface area contributed by atoms with Gasteiger partial charge in [-0.15, -0.1) is 0 Å². The number of halogens is 6. The summed E-state index contributed by atoms with van der Waals surface area (Å²) in [4.78, 5) is 0. The summed E-state index contributed by atoms with van der Waals surface area (Å²) in [7, 11) is -5.93. The second-order valence-corrected chi connectivity index (χ2v) is 6.11. The molecule has 1 aromatic rings. The average Bonchev–Trinajstić information content (AvgIpc) is 2.25. The standard InChI is InChI=1S/C11H10F6O3S/c1-9(2,20-21(18,19)11(15,16)17)7-4-3-5-8(6-7)10(12,13)14/h3-6H,1-2H3. The van der Waals surface area contributed by atoms with Crippen LogP contribution in [0.3, 0.4) is 0 Å². The number of benzene rings is 1. The Morgan fingerprint density at radius 2 is 1.43 bits per heavy atom. The zero-order valence-electron chi connectivity index (χ0n) is 10.7. The van der Waals surface area contributed by atoms with Crippen molar-refractivity contribution in [2.45, 2.75) is 31.1 Å². The van der Waals surface area contributed by atoms with E-state index in [-0.39, 0.29) is 5.56 Å². The predicted molar refractivity (Wildman–Crippen MR) is 60.5 cm³/mol. The van der Waals surface area contributed by atoms with Crippen LogP contribution in [0.1, 0.15) is 25.0 Å². The van der Waals surface area contributed by atoms with Crippen molar-refractivity contribution in [2.24, 2.45) is 0 Å². The van der Waals surface area contributed by atoms with Crippen LogP contribution in [-0.4, -0.2) is 13.9 Å². The first-order valence-corrected chi connectivity index (χ1v) is 6.77. The van der Waals surface area contributed by atoms with Gasteiger partial charge >= 0.3 is 21.8 Å². The topological polar surface area (TPSA) is 43.4 Å². The minimum absolute atomic E-state index is 0.356. The molecule has 0 saturated carbocycles. The lowest BCUT2D eigenvalue weighted by Crippen LogP contribution is -2.34. The molecule has 1 aromatic carbocycles. The molecule has 10 heteroatoms. The van der Waals surface area contributed by atoms with Crippen LogP contribution >= 0.6 is 0 Å². The third kappa shape index (κ3) is 4.10. The van der Waals surface area contributed by atoms with Crippen LogP contribution in [0, 0.1) is 0 Å². The summed E-state index contributed by atoms with van der Waals surface area (Å²) >= 11 is 0. The van der Waals surface area contributed by atoms with Crippen LogP contribution in [0.15, 0.2) is 24.3 Å². The molecule has 0 aromatic heterocycles. The lowest BCUT2D eigenvalue weighted by atomic mass is 9.96. The van der Waals surface area contributed by atoms with Crippen LogP contribution in [0.4, 0.5) is 26.3 Å². The smallest absolute Gasteiger partial charge is 0.252 e. The van der Waals surface area contributed by atoms with Gasteiger partial charge in [0.2, 0.25) is 0 Å². The van der Waals surface area contributed by atoms with Crippen molar-refractivity contribution in [3.8, 4) is 0 Å². The Kier molecular flexibility index (Phi) is 4.37. The normalized spacial score (nSPS) is 14.3. The van der Waals surface area contributed by atoms with Crippen molar-refractivity contribution in [1.82, 2.24) is 0 Å². The third-order valence-electron chi connectivity index (χ3n) is 2.49. The Morgan fingerprint density at radius 1 is 0.952 bits per heavy atom. The first kappa shape index (κ1) is 17.8. The molecule has 21 heavy (non-hydrogen) atoms. The van der Waals surface area contributed by atoms with Crippen LogP contribution in [0.25, 0.3) is 0 Å². The fourth-order valence-electron chi connectivity index (χ4n) is 1.44. The zero-order valence-corrected chi connectivity index (χ0v) is 11.5. The molecule has 0 aliphatic carbocycles. The molecule has 0 aliphatic rings. The Balaban J connectivity index is 3.21. The van der Waals surface area contributed by atoms with Crippen LogP contribution in [0.2, 0.25) is 0 Å². The second-order valence-electron chi connectivity index (χ2n) is 4.57. The third-order valence-corrected chi connectivity index (χ3v) is 3.69. The summed E-state index contributed by atoms with van der Waals surface area (Å²) in [5.74, 6) is 0. The van der Waals surface area contributed by atoms with Gasteiger partial charge in [-0.25, -0.2) is 0 Å². The van der Waals surface area contributed by atoms with Crippen LogP contribution in [0.5, 0.6) is 0 Å². The summed E-state index contributed by atoms with van der Waals surface area (Å²) in [5.41, 5.74) is -9.26. The minimum atomic E-state index is -5.93. The zero-order chi connectivity index (χ0) is 16.7. The van der Waals surface area contributed by atoms with Crippen LogP contribution < -0.4 is 0 Å². The molecule has 0 heterocycles. The molecule has 0 amide bonds. The molecule has 0 saturated heterocycles. The van der Waals surface area contributed by atoms with Gasteiger partial charge in [0, 0.05) is 0 Å². The average molecular weight is 336 g/mol. The van der Waals surface area contributed by atoms with Gasteiger partial charge in [0.05, 0.1) is 5.56 Å². The van der Waals surface area contributed by atoms with Gasteiger partial charge in [0.1, 0.15) is 5.60 Å².